The van der Waals surface area contributed by atoms with Crippen LogP contribution in [0, 0.1) is 5.92 Å². The highest BCUT2D eigenvalue weighted by Gasteiger charge is 2.44. The number of hydrogen-bond acceptors (Lipinski definition) is 4. The third-order valence-electron chi connectivity index (χ3n) is 7.21. The fourth-order valence-corrected chi connectivity index (χ4v) is 5.35. The van der Waals surface area contributed by atoms with Gasteiger partial charge in [0.25, 0.3) is 5.91 Å². The lowest BCUT2D eigenvalue weighted by Crippen LogP contribution is -2.57. The summed E-state index contributed by atoms with van der Waals surface area (Å²) in [6, 6.07) is 9.77. The average Bonchev–Trinajstić information content (AvgIpc) is 3.32. The van der Waals surface area contributed by atoms with Crippen molar-refractivity contribution in [2.75, 3.05) is 32.8 Å². The van der Waals surface area contributed by atoms with Gasteiger partial charge in [0, 0.05) is 12.6 Å². The van der Waals surface area contributed by atoms with E-state index in [4.69, 9.17) is 4.74 Å². The summed E-state index contributed by atoms with van der Waals surface area (Å²) in [4.78, 5) is 30.5. The lowest BCUT2D eigenvalue weighted by Gasteiger charge is -2.43. The van der Waals surface area contributed by atoms with Gasteiger partial charge in [-0.2, -0.15) is 0 Å². The van der Waals surface area contributed by atoms with E-state index in [1.807, 2.05) is 35.2 Å². The van der Waals surface area contributed by atoms with Gasteiger partial charge in [-0.1, -0.05) is 50.1 Å². The second kappa shape index (κ2) is 10.6. The van der Waals surface area contributed by atoms with Crippen LogP contribution in [0.5, 0.6) is 0 Å². The molecule has 2 heterocycles. The highest BCUT2D eigenvalue weighted by atomic mass is 16.5. The first-order valence-corrected chi connectivity index (χ1v) is 12.1. The number of ether oxygens (including phenoxy) is 1. The second-order valence-corrected chi connectivity index (χ2v) is 9.50. The Balaban J connectivity index is 1.39. The normalized spacial score (nSPS) is 26.4. The van der Waals surface area contributed by atoms with Crippen LogP contribution in [-0.4, -0.2) is 66.5 Å². The monoisotopic (exact) mass is 427 g/mol. The molecule has 170 valence electrons. The molecular weight excluding hydrogens is 390 g/mol. The molecule has 1 aliphatic carbocycles. The van der Waals surface area contributed by atoms with Crippen LogP contribution >= 0.6 is 0 Å². The Kier molecular flexibility index (Phi) is 7.62. The second-order valence-electron chi connectivity index (χ2n) is 9.50. The van der Waals surface area contributed by atoms with E-state index >= 15 is 0 Å². The molecule has 3 fully saturated rings. The molecule has 0 aromatic heterocycles. The molecule has 2 saturated heterocycles. The van der Waals surface area contributed by atoms with Crippen molar-refractivity contribution in [2.24, 2.45) is 5.92 Å². The molecule has 0 bridgehead atoms. The van der Waals surface area contributed by atoms with Crippen molar-refractivity contribution in [1.82, 2.24) is 15.1 Å². The summed E-state index contributed by atoms with van der Waals surface area (Å²) in [6.07, 6.45) is 7.13. The van der Waals surface area contributed by atoms with Crippen LogP contribution in [0.15, 0.2) is 30.3 Å². The van der Waals surface area contributed by atoms with Gasteiger partial charge in [0.15, 0.2) is 6.10 Å². The van der Waals surface area contributed by atoms with Gasteiger partial charge in [0.1, 0.15) is 6.61 Å². The molecule has 1 saturated carbocycles. The first kappa shape index (κ1) is 22.3. The molecule has 2 atom stereocenters. The number of likely N-dealkylation sites (tertiary alicyclic amines) is 1. The van der Waals surface area contributed by atoms with Crippen LogP contribution in [0.3, 0.4) is 0 Å². The number of hydrogen-bond donors (Lipinski definition) is 1. The van der Waals surface area contributed by atoms with Crippen molar-refractivity contribution in [1.29, 1.82) is 0 Å². The summed E-state index contributed by atoms with van der Waals surface area (Å²) in [5.41, 5.74) is 0.977. The Morgan fingerprint density at radius 2 is 1.81 bits per heavy atom. The van der Waals surface area contributed by atoms with Gasteiger partial charge >= 0.3 is 0 Å². The van der Waals surface area contributed by atoms with Crippen molar-refractivity contribution in [3.63, 3.8) is 0 Å². The zero-order chi connectivity index (χ0) is 21.6. The third-order valence-corrected chi connectivity index (χ3v) is 7.21. The maximum atomic E-state index is 13.2. The van der Waals surface area contributed by atoms with Crippen LogP contribution in [0.25, 0.3) is 0 Å². The Morgan fingerprint density at radius 3 is 2.52 bits per heavy atom. The van der Waals surface area contributed by atoms with E-state index in [0.717, 1.165) is 63.2 Å². The Morgan fingerprint density at radius 1 is 1.10 bits per heavy atom. The van der Waals surface area contributed by atoms with Gasteiger partial charge < -0.3 is 19.9 Å². The Bertz CT molecular complexity index is 727. The first-order chi connectivity index (χ1) is 15.1. The van der Waals surface area contributed by atoms with Crippen LogP contribution in [0.1, 0.15) is 63.5 Å². The molecule has 3 aliphatic rings. The van der Waals surface area contributed by atoms with E-state index in [-0.39, 0.29) is 30.5 Å². The van der Waals surface area contributed by atoms with Crippen molar-refractivity contribution in [3.05, 3.63) is 35.9 Å². The molecule has 4 rings (SSSR count). The topological polar surface area (TPSA) is 61.9 Å². The summed E-state index contributed by atoms with van der Waals surface area (Å²) in [5, 5.41) is 3.10. The fraction of sp³-hybridized carbons (Fsp3) is 0.680. The fourth-order valence-electron chi connectivity index (χ4n) is 5.35. The van der Waals surface area contributed by atoms with Crippen LogP contribution in [-0.2, 0) is 14.3 Å². The third kappa shape index (κ3) is 5.47. The number of amides is 2. The number of piperidine rings is 1. The van der Waals surface area contributed by atoms with Gasteiger partial charge in [0.05, 0.1) is 6.04 Å². The van der Waals surface area contributed by atoms with Gasteiger partial charge in [-0.15, -0.1) is 0 Å². The molecule has 2 unspecified atom stereocenters. The van der Waals surface area contributed by atoms with Crippen molar-refractivity contribution < 1.29 is 14.3 Å². The summed E-state index contributed by atoms with van der Waals surface area (Å²) < 4.78 is 5.85. The minimum Gasteiger partial charge on any atom is -0.356 e. The number of morpholine rings is 1. The number of carbonyl (C=O) groups is 2. The Hall–Kier alpha value is -1.92. The number of benzene rings is 1. The summed E-state index contributed by atoms with van der Waals surface area (Å²) >= 11 is 0. The molecule has 2 amide bonds. The van der Waals surface area contributed by atoms with Crippen LogP contribution in [0.4, 0.5) is 0 Å². The van der Waals surface area contributed by atoms with Crippen LogP contribution < -0.4 is 5.32 Å². The first-order valence-electron chi connectivity index (χ1n) is 12.1. The van der Waals surface area contributed by atoms with Gasteiger partial charge in [-0.05, 0) is 63.2 Å². The lowest BCUT2D eigenvalue weighted by atomic mass is 9.95. The van der Waals surface area contributed by atoms with Crippen molar-refractivity contribution in [3.8, 4) is 0 Å². The van der Waals surface area contributed by atoms with E-state index in [1.54, 1.807) is 0 Å². The number of nitrogens with one attached hydrogen (secondary N) is 1. The minimum atomic E-state index is -0.656. The van der Waals surface area contributed by atoms with Gasteiger partial charge in [0.2, 0.25) is 5.91 Å². The van der Waals surface area contributed by atoms with Crippen LogP contribution in [0.2, 0.25) is 0 Å². The predicted octanol–water partition coefficient (Wildman–Crippen LogP) is 3.14. The smallest absolute Gasteiger partial charge is 0.251 e. The maximum absolute atomic E-state index is 13.2. The Labute approximate surface area is 186 Å². The van der Waals surface area contributed by atoms with E-state index in [1.165, 1.54) is 12.8 Å². The van der Waals surface area contributed by atoms with Gasteiger partial charge in [-0.3, -0.25) is 9.59 Å². The molecule has 0 radical (unpaired) electrons. The SMILES string of the molecule is CC1CCN(CCCNC(=O)C2OCC(=O)N(C3CCCC3)C2c2ccccc2)CC1. The van der Waals surface area contributed by atoms with Gasteiger partial charge in [-0.25, -0.2) is 0 Å². The minimum absolute atomic E-state index is 0.00382. The van der Waals surface area contributed by atoms with E-state index in [0.29, 0.717) is 6.54 Å². The predicted molar refractivity (Wildman–Crippen MR) is 120 cm³/mol. The molecule has 1 N–H and O–H groups in total. The van der Waals surface area contributed by atoms with E-state index < -0.39 is 6.10 Å². The molecule has 0 spiro atoms. The molecule has 31 heavy (non-hydrogen) atoms. The van der Waals surface area contributed by atoms with Crippen molar-refractivity contribution >= 4 is 11.8 Å². The molecule has 6 nitrogen and oxygen atoms in total. The highest BCUT2D eigenvalue weighted by Crippen LogP contribution is 2.36. The molecule has 2 aliphatic heterocycles. The average molecular weight is 428 g/mol. The summed E-state index contributed by atoms with van der Waals surface area (Å²) in [5.74, 6) is 0.737. The van der Waals surface area contributed by atoms with E-state index in [2.05, 4.69) is 17.1 Å². The van der Waals surface area contributed by atoms with E-state index in [9.17, 15) is 9.59 Å². The number of carbonyl (C=O) groups excluding carboxylic acids is 2. The lowest BCUT2D eigenvalue weighted by molar-refractivity contribution is -0.168. The quantitative estimate of drug-likeness (QED) is 0.679. The number of rotatable bonds is 7. The maximum Gasteiger partial charge on any atom is 0.251 e. The highest BCUT2D eigenvalue weighted by molar-refractivity contribution is 5.86. The molecule has 1 aromatic rings. The standard InChI is InChI=1S/C25H37N3O3/c1-19-12-16-27(17-13-19)15-7-14-26-25(30)24-23(20-8-3-2-4-9-20)28(22(29)18-31-24)21-10-5-6-11-21/h2-4,8-9,19,21,23-24H,5-7,10-18H2,1H3,(H,26,30). The zero-order valence-electron chi connectivity index (χ0n) is 18.8. The summed E-state index contributed by atoms with van der Waals surface area (Å²) in [6.45, 7) is 6.30. The summed E-state index contributed by atoms with van der Waals surface area (Å²) in [7, 11) is 0. The molecule has 6 heteroatoms. The van der Waals surface area contributed by atoms with Crippen molar-refractivity contribution in [2.45, 2.75) is 70.1 Å². The largest absolute Gasteiger partial charge is 0.356 e. The number of nitrogens with zero attached hydrogens (tertiary/aromatic N) is 2. The molecular formula is C25H37N3O3. The zero-order valence-corrected chi connectivity index (χ0v) is 18.8. The molecule has 1 aromatic carbocycles.